The number of amides is 1. The zero-order chi connectivity index (χ0) is 16.0. The number of rotatable bonds is 6. The number of carbonyl (C=O) groups is 3. The van der Waals surface area contributed by atoms with Gasteiger partial charge in [0.25, 0.3) is 5.91 Å². The van der Waals surface area contributed by atoms with E-state index >= 15 is 0 Å². The molecular formula is C14H19NO5S. The fraction of sp³-hybridized carbons (Fsp3) is 0.500. The van der Waals surface area contributed by atoms with Crippen LogP contribution in [-0.4, -0.2) is 31.1 Å². The Morgan fingerprint density at radius 2 is 1.81 bits per heavy atom. The summed E-state index contributed by atoms with van der Waals surface area (Å²) >= 11 is 1.29. The molecule has 1 N–H and O–H groups in total. The van der Waals surface area contributed by atoms with Gasteiger partial charge in [-0.05, 0) is 26.3 Å². The largest absolute Gasteiger partial charge is 0.462 e. The van der Waals surface area contributed by atoms with Crippen LogP contribution < -0.4 is 5.32 Å². The average Bonchev–Trinajstić information content (AvgIpc) is 2.71. The molecule has 0 radical (unpaired) electrons. The highest BCUT2D eigenvalue weighted by molar-refractivity contribution is 7.16. The highest BCUT2D eigenvalue weighted by Gasteiger charge is 2.22. The van der Waals surface area contributed by atoms with Crippen molar-refractivity contribution in [2.45, 2.75) is 34.1 Å². The molecule has 7 heteroatoms. The standard InChI is InChI=1S/C14H19NO5S/c1-5-11(17)20-7-10(16)15-13-12(14(18)19-6-2)8(3)9(4)21-13/h5-7H2,1-4H3,(H,15,16). The van der Waals surface area contributed by atoms with Crippen LogP contribution in [0.3, 0.4) is 0 Å². The fourth-order valence-electron chi connectivity index (χ4n) is 1.57. The second-order valence-electron chi connectivity index (χ2n) is 4.27. The Morgan fingerprint density at radius 3 is 2.38 bits per heavy atom. The van der Waals surface area contributed by atoms with Crippen LogP contribution in [0.2, 0.25) is 0 Å². The zero-order valence-electron chi connectivity index (χ0n) is 12.6. The number of thiophene rings is 1. The molecular weight excluding hydrogens is 294 g/mol. The summed E-state index contributed by atoms with van der Waals surface area (Å²) in [7, 11) is 0. The van der Waals surface area contributed by atoms with Crippen LogP contribution >= 0.6 is 11.3 Å². The number of carbonyl (C=O) groups excluding carboxylic acids is 3. The van der Waals surface area contributed by atoms with E-state index in [0.717, 1.165) is 10.4 Å². The van der Waals surface area contributed by atoms with Crippen LogP contribution in [0.5, 0.6) is 0 Å². The molecule has 0 aromatic carbocycles. The van der Waals surface area contributed by atoms with Crippen LogP contribution in [0.1, 0.15) is 41.1 Å². The molecule has 21 heavy (non-hydrogen) atoms. The van der Waals surface area contributed by atoms with E-state index in [0.29, 0.717) is 10.6 Å². The van der Waals surface area contributed by atoms with E-state index in [-0.39, 0.29) is 19.6 Å². The van der Waals surface area contributed by atoms with Crippen LogP contribution in [-0.2, 0) is 19.1 Å². The Hall–Kier alpha value is -1.89. The molecule has 1 amide bonds. The van der Waals surface area contributed by atoms with E-state index < -0.39 is 17.8 Å². The Labute approximate surface area is 127 Å². The molecule has 1 aromatic rings. The summed E-state index contributed by atoms with van der Waals surface area (Å²) in [5.74, 6) is -1.40. The van der Waals surface area contributed by atoms with Gasteiger partial charge in [0.1, 0.15) is 5.00 Å². The molecule has 0 saturated heterocycles. The molecule has 0 saturated carbocycles. The van der Waals surface area contributed by atoms with E-state index in [9.17, 15) is 14.4 Å². The third-order valence-electron chi connectivity index (χ3n) is 2.77. The smallest absolute Gasteiger partial charge is 0.341 e. The van der Waals surface area contributed by atoms with Crippen molar-refractivity contribution in [2.75, 3.05) is 18.5 Å². The number of hydrogen-bond acceptors (Lipinski definition) is 6. The number of nitrogens with one attached hydrogen (secondary N) is 1. The number of hydrogen-bond donors (Lipinski definition) is 1. The molecule has 1 rings (SSSR count). The van der Waals surface area contributed by atoms with Crippen LogP contribution in [0.4, 0.5) is 5.00 Å². The van der Waals surface area contributed by atoms with Gasteiger partial charge in [0.15, 0.2) is 6.61 Å². The SMILES string of the molecule is CCOC(=O)c1c(NC(=O)COC(=O)CC)sc(C)c1C. The Kier molecular flexibility index (Phi) is 6.36. The van der Waals surface area contributed by atoms with Crippen molar-refractivity contribution in [3.63, 3.8) is 0 Å². The van der Waals surface area contributed by atoms with Crippen LogP contribution in [0, 0.1) is 13.8 Å². The lowest BCUT2D eigenvalue weighted by molar-refractivity contribution is -0.146. The molecule has 0 aliphatic rings. The third-order valence-corrected chi connectivity index (χ3v) is 3.89. The maximum atomic E-state index is 11.9. The minimum absolute atomic E-state index is 0.207. The molecule has 1 aromatic heterocycles. The van der Waals surface area contributed by atoms with Gasteiger partial charge in [-0.25, -0.2) is 4.79 Å². The second-order valence-corrected chi connectivity index (χ2v) is 5.50. The lowest BCUT2D eigenvalue weighted by atomic mass is 10.1. The molecule has 0 bridgehead atoms. The van der Waals surface area contributed by atoms with E-state index in [1.807, 2.05) is 6.92 Å². The molecule has 0 atom stereocenters. The Bertz CT molecular complexity index is 550. The first-order valence-electron chi connectivity index (χ1n) is 6.63. The Morgan fingerprint density at radius 1 is 1.14 bits per heavy atom. The monoisotopic (exact) mass is 313 g/mol. The summed E-state index contributed by atoms with van der Waals surface area (Å²) in [6.45, 7) is 6.90. The van der Waals surface area contributed by atoms with E-state index in [1.165, 1.54) is 11.3 Å². The van der Waals surface area contributed by atoms with Crippen LogP contribution in [0.25, 0.3) is 0 Å². The number of ether oxygens (including phenoxy) is 2. The molecule has 0 fully saturated rings. The van der Waals surface area contributed by atoms with Gasteiger partial charge in [0.05, 0.1) is 12.2 Å². The van der Waals surface area contributed by atoms with Crippen molar-refractivity contribution in [2.24, 2.45) is 0 Å². The first-order chi connectivity index (χ1) is 9.90. The van der Waals surface area contributed by atoms with E-state index in [4.69, 9.17) is 9.47 Å². The number of esters is 2. The molecule has 0 aliphatic heterocycles. The lowest BCUT2D eigenvalue weighted by Crippen LogP contribution is -2.21. The first kappa shape index (κ1) is 17.2. The highest BCUT2D eigenvalue weighted by atomic mass is 32.1. The quantitative estimate of drug-likeness (QED) is 0.816. The normalized spacial score (nSPS) is 10.1. The van der Waals surface area contributed by atoms with Crippen molar-refractivity contribution < 1.29 is 23.9 Å². The van der Waals surface area contributed by atoms with Crippen molar-refractivity contribution in [1.29, 1.82) is 0 Å². The number of aryl methyl sites for hydroxylation is 1. The predicted molar refractivity (Wildman–Crippen MR) is 79.6 cm³/mol. The summed E-state index contributed by atoms with van der Waals surface area (Å²) in [4.78, 5) is 35.6. The van der Waals surface area contributed by atoms with Gasteiger partial charge in [0.2, 0.25) is 0 Å². The predicted octanol–water partition coefficient (Wildman–Crippen LogP) is 2.43. The molecule has 1 heterocycles. The summed E-state index contributed by atoms with van der Waals surface area (Å²) in [6, 6.07) is 0. The number of anilines is 1. The first-order valence-corrected chi connectivity index (χ1v) is 7.44. The minimum atomic E-state index is -0.483. The van der Waals surface area contributed by atoms with Gasteiger partial charge < -0.3 is 14.8 Å². The topological polar surface area (TPSA) is 81.7 Å². The summed E-state index contributed by atoms with van der Waals surface area (Å²) in [5, 5.41) is 3.01. The summed E-state index contributed by atoms with van der Waals surface area (Å²) in [5.41, 5.74) is 1.13. The minimum Gasteiger partial charge on any atom is -0.462 e. The van der Waals surface area contributed by atoms with Gasteiger partial charge in [-0.2, -0.15) is 0 Å². The van der Waals surface area contributed by atoms with Gasteiger partial charge in [0, 0.05) is 11.3 Å². The van der Waals surface area contributed by atoms with Gasteiger partial charge in [-0.15, -0.1) is 11.3 Å². The molecule has 6 nitrogen and oxygen atoms in total. The van der Waals surface area contributed by atoms with Crippen molar-refractivity contribution in [1.82, 2.24) is 0 Å². The van der Waals surface area contributed by atoms with Crippen molar-refractivity contribution in [3.05, 3.63) is 16.0 Å². The average molecular weight is 313 g/mol. The van der Waals surface area contributed by atoms with Crippen LogP contribution in [0.15, 0.2) is 0 Å². The Balaban J connectivity index is 2.83. The third kappa shape index (κ3) is 4.56. The van der Waals surface area contributed by atoms with E-state index in [1.54, 1.807) is 20.8 Å². The second kappa shape index (κ2) is 7.78. The summed E-state index contributed by atoms with van der Waals surface area (Å²) < 4.78 is 9.74. The van der Waals surface area contributed by atoms with Gasteiger partial charge in [-0.3, -0.25) is 9.59 Å². The fourth-order valence-corrected chi connectivity index (χ4v) is 2.64. The molecule has 0 spiro atoms. The highest BCUT2D eigenvalue weighted by Crippen LogP contribution is 2.32. The van der Waals surface area contributed by atoms with Crippen molar-refractivity contribution >= 4 is 34.2 Å². The van der Waals surface area contributed by atoms with E-state index in [2.05, 4.69) is 5.32 Å². The molecule has 0 unspecified atom stereocenters. The van der Waals surface area contributed by atoms with Crippen molar-refractivity contribution in [3.8, 4) is 0 Å². The zero-order valence-corrected chi connectivity index (χ0v) is 13.4. The van der Waals surface area contributed by atoms with Gasteiger partial charge in [-0.1, -0.05) is 6.92 Å². The maximum absolute atomic E-state index is 11.9. The summed E-state index contributed by atoms with van der Waals surface area (Å²) in [6.07, 6.45) is 0.207. The maximum Gasteiger partial charge on any atom is 0.341 e. The van der Waals surface area contributed by atoms with Gasteiger partial charge >= 0.3 is 11.9 Å². The molecule has 116 valence electrons. The lowest BCUT2D eigenvalue weighted by Gasteiger charge is -2.07. The molecule has 0 aliphatic carbocycles.